The summed E-state index contributed by atoms with van der Waals surface area (Å²) >= 11 is 1.66. The fourth-order valence-electron chi connectivity index (χ4n) is 2.27. The summed E-state index contributed by atoms with van der Waals surface area (Å²) < 4.78 is 10.9. The van der Waals surface area contributed by atoms with Crippen LogP contribution in [0.25, 0.3) is 11.7 Å². The van der Waals surface area contributed by atoms with E-state index in [1.807, 2.05) is 20.2 Å². The zero-order chi connectivity index (χ0) is 16.2. The highest BCUT2D eigenvalue weighted by Gasteiger charge is 2.19. The van der Waals surface area contributed by atoms with Crippen molar-refractivity contribution in [1.82, 2.24) is 9.88 Å². The number of thiophene rings is 1. The molecule has 0 aliphatic rings. The maximum absolute atomic E-state index is 9.24. The summed E-state index contributed by atoms with van der Waals surface area (Å²) in [6.07, 6.45) is 1.54. The zero-order valence-corrected chi connectivity index (χ0v) is 13.6. The van der Waals surface area contributed by atoms with E-state index in [2.05, 4.69) is 32.0 Å². The Labute approximate surface area is 138 Å². The van der Waals surface area contributed by atoms with Gasteiger partial charge in [0.05, 0.1) is 12.3 Å². The normalized spacial score (nSPS) is 12.3. The number of anilines is 1. The molecule has 3 heterocycles. The van der Waals surface area contributed by atoms with E-state index in [0.717, 1.165) is 0 Å². The third kappa shape index (κ3) is 3.28. The zero-order valence-electron chi connectivity index (χ0n) is 12.8. The largest absolute Gasteiger partial charge is 0.459 e. The Balaban J connectivity index is 1.78. The van der Waals surface area contributed by atoms with Crippen LogP contribution in [-0.2, 0) is 0 Å². The minimum atomic E-state index is 0.171. The number of nitriles is 1. The molecule has 1 unspecified atom stereocenters. The first kappa shape index (κ1) is 15.3. The molecule has 7 heteroatoms. The van der Waals surface area contributed by atoms with Gasteiger partial charge in [0.1, 0.15) is 6.07 Å². The Morgan fingerprint density at radius 2 is 2.30 bits per heavy atom. The van der Waals surface area contributed by atoms with Crippen molar-refractivity contribution in [3.8, 4) is 17.7 Å². The Kier molecular flexibility index (Phi) is 4.46. The predicted molar refractivity (Wildman–Crippen MR) is 88.2 cm³/mol. The molecule has 3 aromatic rings. The van der Waals surface area contributed by atoms with Crippen LogP contribution in [0, 0.1) is 11.3 Å². The van der Waals surface area contributed by atoms with Crippen molar-refractivity contribution in [2.45, 2.75) is 6.04 Å². The molecule has 0 saturated carbocycles. The highest BCUT2D eigenvalue weighted by Crippen LogP contribution is 2.27. The van der Waals surface area contributed by atoms with E-state index < -0.39 is 0 Å². The first-order valence-electron chi connectivity index (χ1n) is 7.06. The second kappa shape index (κ2) is 6.69. The van der Waals surface area contributed by atoms with Crippen molar-refractivity contribution >= 4 is 17.2 Å². The third-order valence-corrected chi connectivity index (χ3v) is 4.17. The van der Waals surface area contributed by atoms with Gasteiger partial charge in [0, 0.05) is 6.54 Å². The maximum atomic E-state index is 9.24. The van der Waals surface area contributed by atoms with Crippen molar-refractivity contribution in [1.29, 1.82) is 5.26 Å². The molecule has 0 fully saturated rings. The van der Waals surface area contributed by atoms with Crippen LogP contribution in [0.1, 0.15) is 17.3 Å². The average molecular weight is 328 g/mol. The van der Waals surface area contributed by atoms with Gasteiger partial charge in [0.15, 0.2) is 5.76 Å². The predicted octanol–water partition coefficient (Wildman–Crippen LogP) is 3.58. The smallest absolute Gasteiger partial charge is 0.266 e. The van der Waals surface area contributed by atoms with Crippen LogP contribution in [0.3, 0.4) is 0 Å². The molecule has 23 heavy (non-hydrogen) atoms. The lowest BCUT2D eigenvalue weighted by Crippen LogP contribution is -2.26. The minimum Gasteiger partial charge on any atom is -0.459 e. The van der Waals surface area contributed by atoms with E-state index >= 15 is 0 Å². The molecular formula is C16H16N4O2S. The van der Waals surface area contributed by atoms with Crippen molar-refractivity contribution < 1.29 is 8.83 Å². The summed E-state index contributed by atoms with van der Waals surface area (Å²) in [6.45, 7) is 0.602. The van der Waals surface area contributed by atoms with Gasteiger partial charge in [0.2, 0.25) is 11.6 Å². The van der Waals surface area contributed by atoms with E-state index in [1.54, 1.807) is 23.5 Å². The van der Waals surface area contributed by atoms with Crippen LogP contribution in [0.5, 0.6) is 0 Å². The molecule has 1 N–H and O–H groups in total. The summed E-state index contributed by atoms with van der Waals surface area (Å²) in [7, 11) is 4.04. The van der Waals surface area contributed by atoms with Crippen molar-refractivity contribution in [3.63, 3.8) is 0 Å². The molecule has 0 aliphatic heterocycles. The molecule has 1 atom stereocenters. The minimum absolute atomic E-state index is 0.171. The molecule has 118 valence electrons. The van der Waals surface area contributed by atoms with Gasteiger partial charge in [0.25, 0.3) is 5.89 Å². The van der Waals surface area contributed by atoms with E-state index in [0.29, 0.717) is 24.1 Å². The van der Waals surface area contributed by atoms with Crippen LogP contribution >= 0.6 is 11.3 Å². The summed E-state index contributed by atoms with van der Waals surface area (Å²) in [4.78, 5) is 6.28. The lowest BCUT2D eigenvalue weighted by molar-refractivity contribution is 0.311. The number of aromatic nitrogens is 1. The van der Waals surface area contributed by atoms with Gasteiger partial charge in [-0.25, -0.2) is 0 Å². The third-order valence-electron chi connectivity index (χ3n) is 3.47. The number of hydrogen-bond donors (Lipinski definition) is 1. The average Bonchev–Trinajstić information content (AvgIpc) is 3.28. The number of nitrogens with zero attached hydrogens (tertiary/aromatic N) is 3. The van der Waals surface area contributed by atoms with Gasteiger partial charge in [-0.05, 0) is 48.6 Å². The second-order valence-corrected chi connectivity index (χ2v) is 5.98. The first-order chi connectivity index (χ1) is 11.2. The quantitative estimate of drug-likeness (QED) is 0.745. The molecule has 0 saturated heterocycles. The molecule has 0 aliphatic carbocycles. The molecule has 0 spiro atoms. The molecule has 0 amide bonds. The lowest BCUT2D eigenvalue weighted by atomic mass is 10.1. The fourth-order valence-corrected chi connectivity index (χ4v) is 2.98. The highest BCUT2D eigenvalue weighted by atomic mass is 32.1. The summed E-state index contributed by atoms with van der Waals surface area (Å²) in [5.74, 6) is 1.16. The Bertz CT molecular complexity index is 785. The molecule has 3 rings (SSSR count). The molecule has 0 bridgehead atoms. The Hall–Kier alpha value is -2.56. The van der Waals surface area contributed by atoms with Gasteiger partial charge >= 0.3 is 0 Å². The molecule has 0 radical (unpaired) electrons. The SMILES string of the molecule is CN(C)C(CNc1oc(-c2ccco2)nc1C#N)c1ccsc1. The van der Waals surface area contributed by atoms with Crippen molar-refractivity contribution in [2.75, 3.05) is 26.0 Å². The first-order valence-corrected chi connectivity index (χ1v) is 8.00. The molecule has 3 aromatic heterocycles. The summed E-state index contributed by atoms with van der Waals surface area (Å²) in [6, 6.07) is 7.80. The molecule has 6 nitrogen and oxygen atoms in total. The maximum Gasteiger partial charge on any atom is 0.266 e. The van der Waals surface area contributed by atoms with Crippen LogP contribution in [0.15, 0.2) is 44.1 Å². The number of oxazole rings is 1. The van der Waals surface area contributed by atoms with E-state index in [4.69, 9.17) is 8.83 Å². The number of likely N-dealkylation sites (N-methyl/N-ethyl adjacent to an activating group) is 1. The van der Waals surface area contributed by atoms with E-state index in [-0.39, 0.29) is 11.7 Å². The van der Waals surface area contributed by atoms with Gasteiger partial charge in [-0.3, -0.25) is 0 Å². The number of hydrogen-bond acceptors (Lipinski definition) is 7. The van der Waals surface area contributed by atoms with Crippen molar-refractivity contribution in [2.24, 2.45) is 0 Å². The van der Waals surface area contributed by atoms with Crippen LogP contribution < -0.4 is 5.32 Å². The van der Waals surface area contributed by atoms with Crippen LogP contribution in [0.2, 0.25) is 0 Å². The van der Waals surface area contributed by atoms with Crippen LogP contribution in [-0.4, -0.2) is 30.5 Å². The Morgan fingerprint density at radius 3 is 2.91 bits per heavy atom. The lowest BCUT2D eigenvalue weighted by Gasteiger charge is -2.23. The molecular weight excluding hydrogens is 312 g/mol. The summed E-state index contributed by atoms with van der Waals surface area (Å²) in [5.41, 5.74) is 1.44. The standard InChI is InChI=1S/C16H16N4O2S/c1-20(2)13(11-5-7-23-10-11)9-18-15-12(8-17)19-16(22-15)14-4-3-6-21-14/h3-7,10,13,18H,9H2,1-2H3. The molecule has 0 aromatic carbocycles. The number of furan rings is 1. The van der Waals surface area contributed by atoms with Crippen LogP contribution in [0.4, 0.5) is 5.88 Å². The second-order valence-electron chi connectivity index (χ2n) is 5.20. The monoisotopic (exact) mass is 328 g/mol. The number of nitrogens with one attached hydrogen (secondary N) is 1. The fraction of sp³-hybridized carbons (Fsp3) is 0.250. The van der Waals surface area contributed by atoms with Gasteiger partial charge in [-0.2, -0.15) is 21.6 Å². The Morgan fingerprint density at radius 1 is 1.43 bits per heavy atom. The van der Waals surface area contributed by atoms with Gasteiger partial charge in [-0.1, -0.05) is 0 Å². The van der Waals surface area contributed by atoms with E-state index in [9.17, 15) is 5.26 Å². The highest BCUT2D eigenvalue weighted by molar-refractivity contribution is 7.07. The van der Waals surface area contributed by atoms with E-state index in [1.165, 1.54) is 11.8 Å². The van der Waals surface area contributed by atoms with Gasteiger partial charge < -0.3 is 19.1 Å². The van der Waals surface area contributed by atoms with Gasteiger partial charge in [-0.15, -0.1) is 0 Å². The van der Waals surface area contributed by atoms with Crippen molar-refractivity contribution in [3.05, 3.63) is 46.5 Å². The topological polar surface area (TPSA) is 78.2 Å². The number of rotatable bonds is 6. The summed E-state index contributed by atoms with van der Waals surface area (Å²) in [5, 5.41) is 16.6.